The number of halogens is 3. The van der Waals surface area contributed by atoms with E-state index in [2.05, 4.69) is 30.3 Å². The molecule has 0 atom stereocenters. The fourth-order valence-electron chi connectivity index (χ4n) is 2.70. The third kappa shape index (κ3) is 3.79. The van der Waals surface area contributed by atoms with E-state index in [0.717, 1.165) is 5.56 Å². The molecule has 0 unspecified atom stereocenters. The third-order valence-electron chi connectivity index (χ3n) is 4.22. The summed E-state index contributed by atoms with van der Waals surface area (Å²) in [5.41, 5.74) is 0.288. The number of alkyl halides is 3. The second kappa shape index (κ2) is 7.34. The van der Waals surface area contributed by atoms with E-state index in [-0.39, 0.29) is 23.7 Å². The van der Waals surface area contributed by atoms with Crippen LogP contribution in [0.4, 0.5) is 26.0 Å². The summed E-state index contributed by atoms with van der Waals surface area (Å²) in [4.78, 5) is 31.3. The van der Waals surface area contributed by atoms with Crippen molar-refractivity contribution in [3.8, 4) is 11.4 Å². The standard InChI is InChI=1S/C18H13ClF2N6O3/c1-27-7-11(23-8-27)24-13-12(14(28)15(13)29)22-6-9-2-4-10(5-3-9)16-25-17(30-26-16)18(19,20)21/h2-5,7-8,22,24H,6H2,1H3. The lowest BCUT2D eigenvalue weighted by Crippen LogP contribution is -2.36. The van der Waals surface area contributed by atoms with Crippen LogP contribution >= 0.6 is 11.6 Å². The van der Waals surface area contributed by atoms with Gasteiger partial charge in [-0.05, 0) is 17.2 Å². The van der Waals surface area contributed by atoms with Crippen molar-refractivity contribution in [2.24, 2.45) is 7.05 Å². The van der Waals surface area contributed by atoms with E-state index in [0.29, 0.717) is 11.4 Å². The Morgan fingerprint density at radius 2 is 1.87 bits per heavy atom. The minimum Gasteiger partial charge on any atom is -0.376 e. The second-order valence-electron chi connectivity index (χ2n) is 6.43. The Bertz CT molecular complexity index is 1270. The van der Waals surface area contributed by atoms with Gasteiger partial charge >= 0.3 is 11.3 Å². The minimum atomic E-state index is -3.74. The van der Waals surface area contributed by atoms with Crippen LogP contribution in [0.1, 0.15) is 11.5 Å². The highest BCUT2D eigenvalue weighted by molar-refractivity contribution is 6.21. The van der Waals surface area contributed by atoms with E-state index in [1.807, 2.05) is 0 Å². The van der Waals surface area contributed by atoms with Crippen molar-refractivity contribution in [1.82, 2.24) is 19.7 Å². The zero-order valence-corrected chi connectivity index (χ0v) is 16.1. The molecule has 0 spiro atoms. The molecule has 4 aromatic rings. The predicted molar refractivity (Wildman–Crippen MR) is 105 cm³/mol. The van der Waals surface area contributed by atoms with Gasteiger partial charge in [0.1, 0.15) is 17.2 Å². The zero-order valence-electron chi connectivity index (χ0n) is 15.3. The van der Waals surface area contributed by atoms with E-state index < -0.39 is 22.1 Å². The quantitative estimate of drug-likeness (QED) is 0.337. The maximum Gasteiger partial charge on any atom is 0.400 e. The lowest BCUT2D eigenvalue weighted by Gasteiger charge is -2.13. The smallest absolute Gasteiger partial charge is 0.376 e. The van der Waals surface area contributed by atoms with E-state index in [1.54, 1.807) is 48.4 Å². The molecule has 0 aliphatic rings. The van der Waals surface area contributed by atoms with Crippen molar-refractivity contribution >= 4 is 28.8 Å². The summed E-state index contributed by atoms with van der Waals surface area (Å²) in [6, 6.07) is 6.59. The van der Waals surface area contributed by atoms with E-state index in [4.69, 9.17) is 11.6 Å². The zero-order chi connectivity index (χ0) is 21.5. The first-order valence-electron chi connectivity index (χ1n) is 8.55. The normalized spacial score (nSPS) is 11.7. The molecule has 0 saturated heterocycles. The number of benzene rings is 1. The number of aromatic nitrogens is 4. The topological polar surface area (TPSA) is 115 Å². The molecule has 0 aliphatic carbocycles. The molecule has 0 amide bonds. The van der Waals surface area contributed by atoms with Gasteiger partial charge in [-0.15, -0.1) is 0 Å². The monoisotopic (exact) mass is 434 g/mol. The molecule has 0 radical (unpaired) electrons. The summed E-state index contributed by atoms with van der Waals surface area (Å²) < 4.78 is 32.1. The van der Waals surface area contributed by atoms with Crippen LogP contribution in [0, 0.1) is 0 Å². The molecule has 2 aromatic carbocycles. The summed E-state index contributed by atoms with van der Waals surface area (Å²) in [6.45, 7) is 0.249. The van der Waals surface area contributed by atoms with Crippen LogP contribution in [-0.4, -0.2) is 19.7 Å². The van der Waals surface area contributed by atoms with Crippen LogP contribution < -0.4 is 21.5 Å². The number of aryl methyl sites for hydroxylation is 1. The highest BCUT2D eigenvalue weighted by Gasteiger charge is 2.35. The molecule has 9 nitrogen and oxygen atoms in total. The van der Waals surface area contributed by atoms with Crippen molar-refractivity contribution in [3.05, 3.63) is 68.7 Å². The minimum absolute atomic E-state index is 0.0332. The number of hydrogen-bond donors (Lipinski definition) is 2. The maximum absolute atomic E-state index is 13.0. The first kappa shape index (κ1) is 19.7. The van der Waals surface area contributed by atoms with Crippen LogP contribution in [0.2, 0.25) is 0 Å². The number of nitrogens with one attached hydrogen (secondary N) is 2. The van der Waals surface area contributed by atoms with Gasteiger partial charge in [-0.1, -0.05) is 29.4 Å². The first-order chi connectivity index (χ1) is 14.2. The van der Waals surface area contributed by atoms with Gasteiger partial charge < -0.3 is 19.7 Å². The maximum atomic E-state index is 13.0. The molecule has 0 aliphatic heterocycles. The highest BCUT2D eigenvalue weighted by atomic mass is 35.5. The van der Waals surface area contributed by atoms with Crippen LogP contribution in [0.25, 0.3) is 11.4 Å². The molecule has 0 fully saturated rings. The Balaban J connectivity index is 1.44. The Kier molecular flexibility index (Phi) is 4.82. The number of nitrogens with zero attached hydrogens (tertiary/aromatic N) is 4. The molecule has 4 rings (SSSR count). The van der Waals surface area contributed by atoms with Crippen LogP contribution in [0.5, 0.6) is 0 Å². The van der Waals surface area contributed by atoms with Gasteiger partial charge in [0, 0.05) is 25.4 Å². The van der Waals surface area contributed by atoms with E-state index in [1.165, 1.54) is 0 Å². The summed E-state index contributed by atoms with van der Waals surface area (Å²) >= 11 is 4.86. The predicted octanol–water partition coefficient (Wildman–Crippen LogP) is 2.71. The summed E-state index contributed by atoms with van der Waals surface area (Å²) in [6.07, 6.45) is 3.23. The van der Waals surface area contributed by atoms with Crippen molar-refractivity contribution in [3.63, 3.8) is 0 Å². The van der Waals surface area contributed by atoms with Gasteiger partial charge in [-0.3, -0.25) is 9.59 Å². The fourth-order valence-corrected chi connectivity index (χ4v) is 2.78. The van der Waals surface area contributed by atoms with Gasteiger partial charge in [0.05, 0.1) is 6.33 Å². The van der Waals surface area contributed by atoms with E-state index >= 15 is 0 Å². The largest absolute Gasteiger partial charge is 0.400 e. The lowest BCUT2D eigenvalue weighted by molar-refractivity contribution is 0.0551. The van der Waals surface area contributed by atoms with Gasteiger partial charge in [0.2, 0.25) is 5.82 Å². The molecule has 2 aromatic heterocycles. The first-order valence-corrected chi connectivity index (χ1v) is 8.92. The van der Waals surface area contributed by atoms with E-state index in [9.17, 15) is 18.4 Å². The van der Waals surface area contributed by atoms with Crippen molar-refractivity contribution in [1.29, 1.82) is 0 Å². The Labute approximate surface area is 172 Å². The molecule has 0 bridgehead atoms. The average molecular weight is 435 g/mol. The molecule has 154 valence electrons. The van der Waals surface area contributed by atoms with Gasteiger partial charge in [-0.25, -0.2) is 4.98 Å². The molecule has 30 heavy (non-hydrogen) atoms. The number of imidazole rings is 1. The van der Waals surface area contributed by atoms with Crippen molar-refractivity contribution in [2.75, 3.05) is 10.6 Å². The van der Waals surface area contributed by atoms with Crippen LogP contribution in [0.3, 0.4) is 0 Å². The van der Waals surface area contributed by atoms with Gasteiger partial charge in [0.15, 0.2) is 0 Å². The van der Waals surface area contributed by atoms with Crippen molar-refractivity contribution < 1.29 is 13.3 Å². The highest BCUT2D eigenvalue weighted by Crippen LogP contribution is 2.32. The average Bonchev–Trinajstić information content (AvgIpc) is 3.36. The summed E-state index contributed by atoms with van der Waals surface area (Å²) in [7, 11) is 1.78. The lowest BCUT2D eigenvalue weighted by atomic mass is 10.1. The fraction of sp³-hybridized carbons (Fsp3) is 0.167. The summed E-state index contributed by atoms with van der Waals surface area (Å²) in [5, 5.41) is 5.49. The summed E-state index contributed by atoms with van der Waals surface area (Å²) in [5.74, 6) is -0.578. The molecule has 2 N–H and O–H groups in total. The second-order valence-corrected chi connectivity index (χ2v) is 6.90. The molecule has 12 heteroatoms. The van der Waals surface area contributed by atoms with Gasteiger partial charge in [-0.2, -0.15) is 13.8 Å². The Hall–Kier alpha value is -3.60. The molecular formula is C18H13ClF2N6O3. The number of rotatable bonds is 7. The SMILES string of the molecule is Cn1cnc(Nc2c(NCc3ccc(-c4noc(C(F)(F)Cl)n4)cc3)c(=O)c2=O)c1. The Morgan fingerprint density at radius 1 is 1.17 bits per heavy atom. The molecular weight excluding hydrogens is 422 g/mol. The molecule has 0 saturated carbocycles. The number of anilines is 3. The van der Waals surface area contributed by atoms with Crippen LogP contribution in [-0.2, 0) is 19.0 Å². The van der Waals surface area contributed by atoms with Crippen LogP contribution in [0.15, 0.2) is 50.9 Å². The molecule has 2 heterocycles. The van der Waals surface area contributed by atoms with Gasteiger partial charge in [0.25, 0.3) is 10.9 Å². The Morgan fingerprint density at radius 3 is 2.47 bits per heavy atom. The van der Waals surface area contributed by atoms with Crippen molar-refractivity contribution in [2.45, 2.75) is 11.9 Å². The number of hydrogen-bond acceptors (Lipinski definition) is 8. The third-order valence-corrected chi connectivity index (χ3v) is 4.38.